The highest BCUT2D eigenvalue weighted by molar-refractivity contribution is 5.91. The monoisotopic (exact) mass is 534 g/mol. The van der Waals surface area contributed by atoms with E-state index in [-0.39, 0.29) is 47.3 Å². The molecule has 0 fully saturated rings. The van der Waals surface area contributed by atoms with Gasteiger partial charge in [0.25, 0.3) is 0 Å². The Hall–Kier alpha value is -4.48. The number of methoxy groups -OCH3 is 4. The standard InChI is InChI=1S/C26H30O12/c1-31-21-15-17(9-11-19(21)37-25(29)33-3)23(27)35-13-7-5-6-8-14-36-24(28)18-10-12-20(22(16-18)32-2)38-26(30)34-4/h9-12,15-16H,5-8,13-14H2,1-4H3. The van der Waals surface area contributed by atoms with Crippen LogP contribution in [0.3, 0.4) is 0 Å². The van der Waals surface area contributed by atoms with Crippen LogP contribution in [0.25, 0.3) is 0 Å². The van der Waals surface area contributed by atoms with Crippen LogP contribution in [0.4, 0.5) is 9.59 Å². The van der Waals surface area contributed by atoms with E-state index in [9.17, 15) is 19.2 Å². The summed E-state index contributed by atoms with van der Waals surface area (Å²) in [6.07, 6.45) is 0.948. The number of unbranched alkanes of at least 4 members (excludes halogenated alkanes) is 3. The first-order chi connectivity index (χ1) is 18.3. The Labute approximate surface area is 219 Å². The molecule has 12 nitrogen and oxygen atoms in total. The van der Waals surface area contributed by atoms with E-state index in [1.165, 1.54) is 64.8 Å². The summed E-state index contributed by atoms with van der Waals surface area (Å²) in [5.74, 6) is -0.493. The largest absolute Gasteiger partial charge is 0.513 e. The van der Waals surface area contributed by atoms with Crippen molar-refractivity contribution in [2.45, 2.75) is 25.7 Å². The van der Waals surface area contributed by atoms with Crippen LogP contribution in [0.2, 0.25) is 0 Å². The molecule has 0 saturated heterocycles. The molecule has 0 N–H and O–H groups in total. The van der Waals surface area contributed by atoms with Crippen LogP contribution in [0.15, 0.2) is 36.4 Å². The van der Waals surface area contributed by atoms with Crippen molar-refractivity contribution in [3.63, 3.8) is 0 Å². The second-order valence-electron chi connectivity index (χ2n) is 7.53. The minimum atomic E-state index is -0.908. The quantitative estimate of drug-likeness (QED) is 0.154. The molecule has 12 heteroatoms. The topological polar surface area (TPSA) is 142 Å². The van der Waals surface area contributed by atoms with Gasteiger partial charge in [-0.15, -0.1) is 0 Å². The number of hydrogen-bond acceptors (Lipinski definition) is 12. The van der Waals surface area contributed by atoms with Crippen molar-refractivity contribution in [2.24, 2.45) is 0 Å². The fourth-order valence-electron chi connectivity index (χ4n) is 3.07. The lowest BCUT2D eigenvalue weighted by Crippen LogP contribution is -2.10. The zero-order chi connectivity index (χ0) is 27.9. The van der Waals surface area contributed by atoms with Gasteiger partial charge < -0.3 is 37.9 Å². The van der Waals surface area contributed by atoms with Gasteiger partial charge in [-0.05, 0) is 62.1 Å². The highest BCUT2D eigenvalue weighted by Crippen LogP contribution is 2.29. The third-order valence-corrected chi connectivity index (χ3v) is 5.02. The molecular formula is C26H30O12. The molecule has 0 aromatic heterocycles. The molecule has 2 aromatic rings. The van der Waals surface area contributed by atoms with Crippen molar-refractivity contribution in [1.82, 2.24) is 0 Å². The number of benzene rings is 2. The Balaban J connectivity index is 1.68. The van der Waals surface area contributed by atoms with Crippen molar-refractivity contribution in [1.29, 1.82) is 0 Å². The molecule has 0 saturated carbocycles. The number of hydrogen-bond donors (Lipinski definition) is 0. The summed E-state index contributed by atoms with van der Waals surface area (Å²) in [5, 5.41) is 0. The fourth-order valence-corrected chi connectivity index (χ4v) is 3.07. The van der Waals surface area contributed by atoms with Crippen molar-refractivity contribution in [3.8, 4) is 23.0 Å². The van der Waals surface area contributed by atoms with Gasteiger partial charge in [0, 0.05) is 0 Å². The summed E-state index contributed by atoms with van der Waals surface area (Å²) in [5.41, 5.74) is 0.486. The SMILES string of the molecule is COC(=O)Oc1ccc(C(=O)OCCCCCCOC(=O)c2ccc(OC(=O)OC)c(OC)c2)cc1OC. The smallest absolute Gasteiger partial charge is 0.493 e. The van der Waals surface area contributed by atoms with E-state index in [0.29, 0.717) is 12.8 Å². The molecule has 0 bridgehead atoms. The molecule has 0 amide bonds. The number of rotatable bonds is 13. The maximum absolute atomic E-state index is 12.3. The van der Waals surface area contributed by atoms with Crippen molar-refractivity contribution in [2.75, 3.05) is 41.7 Å². The number of ether oxygens (including phenoxy) is 8. The lowest BCUT2D eigenvalue weighted by Gasteiger charge is -2.11. The van der Waals surface area contributed by atoms with Crippen LogP contribution < -0.4 is 18.9 Å². The summed E-state index contributed by atoms with van der Waals surface area (Å²) >= 11 is 0. The molecule has 0 unspecified atom stereocenters. The molecule has 0 aliphatic heterocycles. The molecule has 0 aliphatic rings. The van der Waals surface area contributed by atoms with Crippen LogP contribution in [0.1, 0.15) is 46.4 Å². The molecule has 0 aliphatic carbocycles. The van der Waals surface area contributed by atoms with Gasteiger partial charge in [0.1, 0.15) is 0 Å². The maximum atomic E-state index is 12.3. The van der Waals surface area contributed by atoms with E-state index >= 15 is 0 Å². The Morgan fingerprint density at radius 1 is 0.553 bits per heavy atom. The fraction of sp³-hybridized carbons (Fsp3) is 0.385. The average Bonchev–Trinajstić information content (AvgIpc) is 2.94. The highest BCUT2D eigenvalue weighted by atomic mass is 16.7. The molecule has 2 aromatic carbocycles. The number of carbonyl (C=O) groups excluding carboxylic acids is 4. The third kappa shape index (κ3) is 9.19. The van der Waals surface area contributed by atoms with Gasteiger partial charge in [-0.2, -0.15) is 0 Å². The minimum absolute atomic E-state index is 0.111. The molecule has 0 spiro atoms. The van der Waals surface area contributed by atoms with Gasteiger partial charge in [-0.25, -0.2) is 19.2 Å². The van der Waals surface area contributed by atoms with E-state index in [2.05, 4.69) is 9.47 Å². The van der Waals surface area contributed by atoms with Crippen LogP contribution in [-0.4, -0.2) is 65.9 Å². The highest BCUT2D eigenvalue weighted by Gasteiger charge is 2.16. The second kappa shape index (κ2) is 15.6. The summed E-state index contributed by atoms with van der Waals surface area (Å²) in [6.45, 7) is 0.419. The minimum Gasteiger partial charge on any atom is -0.493 e. The molecule has 0 atom stereocenters. The normalized spacial score (nSPS) is 10.1. The second-order valence-corrected chi connectivity index (χ2v) is 7.53. The number of carbonyl (C=O) groups is 4. The summed E-state index contributed by atoms with van der Waals surface area (Å²) in [4.78, 5) is 47.1. The number of esters is 2. The zero-order valence-electron chi connectivity index (χ0n) is 21.6. The maximum Gasteiger partial charge on any atom is 0.513 e. The van der Waals surface area contributed by atoms with Crippen molar-refractivity contribution in [3.05, 3.63) is 47.5 Å². The Bertz CT molecular complexity index is 1020. The van der Waals surface area contributed by atoms with Gasteiger partial charge in [-0.3, -0.25) is 0 Å². The molecule has 0 radical (unpaired) electrons. The van der Waals surface area contributed by atoms with Gasteiger partial charge in [-0.1, -0.05) is 0 Å². The van der Waals surface area contributed by atoms with Gasteiger partial charge in [0.15, 0.2) is 23.0 Å². The third-order valence-electron chi connectivity index (χ3n) is 5.02. The predicted octanol–water partition coefficient (Wildman–Crippen LogP) is 4.57. The average molecular weight is 535 g/mol. The van der Waals surface area contributed by atoms with Gasteiger partial charge >= 0.3 is 24.2 Å². The molecule has 2 rings (SSSR count). The summed E-state index contributed by atoms with van der Waals surface area (Å²) < 4.78 is 39.6. The van der Waals surface area contributed by atoms with Crippen LogP contribution in [0.5, 0.6) is 23.0 Å². The van der Waals surface area contributed by atoms with E-state index in [1.807, 2.05) is 0 Å². The first-order valence-electron chi connectivity index (χ1n) is 11.5. The van der Waals surface area contributed by atoms with E-state index in [1.54, 1.807) is 0 Å². The van der Waals surface area contributed by atoms with E-state index in [4.69, 9.17) is 28.4 Å². The van der Waals surface area contributed by atoms with Crippen LogP contribution in [-0.2, 0) is 18.9 Å². The van der Waals surface area contributed by atoms with E-state index in [0.717, 1.165) is 12.8 Å². The predicted molar refractivity (Wildman–Crippen MR) is 131 cm³/mol. The van der Waals surface area contributed by atoms with Gasteiger partial charge in [0.05, 0.1) is 52.8 Å². The van der Waals surface area contributed by atoms with Gasteiger partial charge in [0.2, 0.25) is 0 Å². The summed E-state index contributed by atoms with van der Waals surface area (Å²) in [6, 6.07) is 8.54. The summed E-state index contributed by atoms with van der Waals surface area (Å²) in [7, 11) is 5.11. The van der Waals surface area contributed by atoms with Crippen LogP contribution in [0, 0.1) is 0 Å². The van der Waals surface area contributed by atoms with Crippen LogP contribution >= 0.6 is 0 Å². The first-order valence-corrected chi connectivity index (χ1v) is 11.5. The Kier molecular flexibility index (Phi) is 12.2. The van der Waals surface area contributed by atoms with Crippen molar-refractivity contribution < 1.29 is 57.1 Å². The Morgan fingerprint density at radius 3 is 1.29 bits per heavy atom. The first kappa shape index (κ1) is 29.7. The zero-order valence-corrected chi connectivity index (χ0v) is 21.6. The van der Waals surface area contributed by atoms with Crippen molar-refractivity contribution >= 4 is 24.2 Å². The lowest BCUT2D eigenvalue weighted by molar-refractivity contribution is 0.0473. The van der Waals surface area contributed by atoms with E-state index < -0.39 is 24.2 Å². The molecule has 206 valence electrons. The molecular weight excluding hydrogens is 504 g/mol. The lowest BCUT2D eigenvalue weighted by atomic mass is 10.2. The Morgan fingerprint density at radius 2 is 0.947 bits per heavy atom. The molecule has 38 heavy (non-hydrogen) atoms. The molecule has 0 heterocycles.